The molecular formula is C15H10Cl2F3NO2. The third-order valence-corrected chi connectivity index (χ3v) is 3.48. The van der Waals surface area contributed by atoms with Gasteiger partial charge in [-0.1, -0.05) is 29.3 Å². The van der Waals surface area contributed by atoms with Gasteiger partial charge >= 0.3 is 6.61 Å². The van der Waals surface area contributed by atoms with Gasteiger partial charge in [0.2, 0.25) is 5.91 Å². The number of carbonyl (C=O) groups excluding carboxylic acids is 1. The highest BCUT2D eigenvalue weighted by atomic mass is 35.5. The van der Waals surface area contributed by atoms with Crippen LogP contribution in [0.5, 0.6) is 5.75 Å². The van der Waals surface area contributed by atoms with Gasteiger partial charge in [0.05, 0.1) is 11.4 Å². The summed E-state index contributed by atoms with van der Waals surface area (Å²) in [7, 11) is 0. The molecule has 0 saturated carbocycles. The summed E-state index contributed by atoms with van der Waals surface area (Å²) in [4.78, 5) is 11.9. The maximum absolute atomic E-state index is 13.6. The Morgan fingerprint density at radius 3 is 2.52 bits per heavy atom. The van der Waals surface area contributed by atoms with Gasteiger partial charge in [-0.2, -0.15) is 8.78 Å². The molecule has 0 saturated heterocycles. The molecule has 23 heavy (non-hydrogen) atoms. The van der Waals surface area contributed by atoms with Crippen molar-refractivity contribution in [2.45, 2.75) is 13.0 Å². The molecule has 0 atom stereocenters. The third kappa shape index (κ3) is 4.77. The molecule has 0 spiro atoms. The predicted molar refractivity (Wildman–Crippen MR) is 81.8 cm³/mol. The van der Waals surface area contributed by atoms with E-state index in [0.717, 1.165) is 0 Å². The van der Waals surface area contributed by atoms with Crippen molar-refractivity contribution in [3.63, 3.8) is 0 Å². The molecule has 122 valence electrons. The Morgan fingerprint density at radius 2 is 1.91 bits per heavy atom. The van der Waals surface area contributed by atoms with Crippen LogP contribution >= 0.6 is 23.2 Å². The highest BCUT2D eigenvalue weighted by Crippen LogP contribution is 2.29. The first kappa shape index (κ1) is 17.4. The lowest BCUT2D eigenvalue weighted by Crippen LogP contribution is -2.15. The Morgan fingerprint density at radius 1 is 1.17 bits per heavy atom. The Hall–Kier alpha value is -1.92. The smallest absolute Gasteiger partial charge is 0.387 e. The van der Waals surface area contributed by atoms with Gasteiger partial charge in [0.15, 0.2) is 0 Å². The van der Waals surface area contributed by atoms with Crippen LogP contribution in [0, 0.1) is 5.82 Å². The minimum Gasteiger partial charge on any atom is -0.433 e. The maximum Gasteiger partial charge on any atom is 0.387 e. The number of carbonyl (C=O) groups is 1. The Kier molecular flexibility index (Phi) is 5.74. The van der Waals surface area contributed by atoms with Crippen LogP contribution in [0.3, 0.4) is 0 Å². The molecule has 0 aliphatic rings. The number of nitrogens with one attached hydrogen (secondary N) is 1. The fourth-order valence-corrected chi connectivity index (χ4v) is 2.29. The number of alkyl halides is 2. The summed E-state index contributed by atoms with van der Waals surface area (Å²) in [6.07, 6.45) is -0.279. The van der Waals surface area contributed by atoms with E-state index in [2.05, 4.69) is 10.1 Å². The van der Waals surface area contributed by atoms with Gasteiger partial charge in [0.25, 0.3) is 0 Å². The molecular weight excluding hydrogens is 354 g/mol. The summed E-state index contributed by atoms with van der Waals surface area (Å²) in [5.41, 5.74) is 0.324. The van der Waals surface area contributed by atoms with Gasteiger partial charge < -0.3 is 10.1 Å². The summed E-state index contributed by atoms with van der Waals surface area (Å²) >= 11 is 11.6. The highest BCUT2D eigenvalue weighted by Gasteiger charge is 2.13. The van der Waals surface area contributed by atoms with E-state index in [4.69, 9.17) is 23.2 Å². The molecule has 0 unspecified atom stereocenters. The number of benzene rings is 2. The zero-order valence-electron chi connectivity index (χ0n) is 11.5. The lowest BCUT2D eigenvalue weighted by atomic mass is 10.1. The summed E-state index contributed by atoms with van der Waals surface area (Å²) in [6.45, 7) is -3.00. The van der Waals surface area contributed by atoms with E-state index in [-0.39, 0.29) is 33.5 Å². The van der Waals surface area contributed by atoms with Gasteiger partial charge in [0, 0.05) is 16.3 Å². The number of hydrogen-bond acceptors (Lipinski definition) is 2. The van der Waals surface area contributed by atoms with E-state index in [1.54, 1.807) is 0 Å². The summed E-state index contributed by atoms with van der Waals surface area (Å²) in [5.74, 6) is -1.33. The fraction of sp³-hybridized carbons (Fsp3) is 0.133. The monoisotopic (exact) mass is 363 g/mol. The number of anilines is 1. The van der Waals surface area contributed by atoms with Crippen molar-refractivity contribution in [3.05, 3.63) is 57.8 Å². The van der Waals surface area contributed by atoms with E-state index < -0.39 is 18.3 Å². The van der Waals surface area contributed by atoms with Crippen molar-refractivity contribution in [1.29, 1.82) is 0 Å². The quantitative estimate of drug-likeness (QED) is 0.818. The van der Waals surface area contributed by atoms with E-state index in [9.17, 15) is 18.0 Å². The highest BCUT2D eigenvalue weighted by molar-refractivity contribution is 6.32. The molecule has 2 aromatic rings. The van der Waals surface area contributed by atoms with Crippen LogP contribution in [0.25, 0.3) is 0 Å². The zero-order valence-corrected chi connectivity index (χ0v) is 13.0. The summed E-state index contributed by atoms with van der Waals surface area (Å²) in [5, 5.41) is 2.52. The molecule has 0 aromatic heterocycles. The van der Waals surface area contributed by atoms with Gasteiger partial charge in [-0.25, -0.2) is 4.39 Å². The molecule has 0 fully saturated rings. The zero-order chi connectivity index (χ0) is 17.0. The normalized spacial score (nSPS) is 10.7. The van der Waals surface area contributed by atoms with Gasteiger partial charge in [-0.05, 0) is 30.3 Å². The van der Waals surface area contributed by atoms with E-state index in [1.807, 2.05) is 0 Å². The lowest BCUT2D eigenvalue weighted by molar-refractivity contribution is -0.115. The molecule has 2 aromatic carbocycles. The third-order valence-electron chi connectivity index (χ3n) is 2.83. The second kappa shape index (κ2) is 7.57. The first-order valence-corrected chi connectivity index (χ1v) is 7.09. The average molecular weight is 364 g/mol. The van der Waals surface area contributed by atoms with Crippen LogP contribution in [-0.2, 0) is 11.2 Å². The molecule has 1 N–H and O–H groups in total. The van der Waals surface area contributed by atoms with Crippen molar-refractivity contribution in [2.24, 2.45) is 0 Å². The molecule has 0 aliphatic carbocycles. The van der Waals surface area contributed by atoms with Gasteiger partial charge in [-0.3, -0.25) is 4.79 Å². The van der Waals surface area contributed by atoms with Crippen molar-refractivity contribution < 1.29 is 22.7 Å². The molecule has 0 aliphatic heterocycles. The van der Waals surface area contributed by atoms with Gasteiger partial charge in [-0.15, -0.1) is 0 Å². The van der Waals surface area contributed by atoms with Crippen LogP contribution < -0.4 is 10.1 Å². The van der Waals surface area contributed by atoms with Crippen LogP contribution in [0.4, 0.5) is 18.9 Å². The van der Waals surface area contributed by atoms with Crippen LogP contribution in [0.2, 0.25) is 10.0 Å². The molecule has 2 rings (SSSR count). The standard InChI is InChI=1S/C15H10Cl2F3NO2/c16-10-2-1-3-12(18)9(10)7-14(22)21-8-4-5-13(11(17)6-8)23-15(19)20/h1-6,15H,7H2,(H,21,22). The topological polar surface area (TPSA) is 38.3 Å². The first-order valence-electron chi connectivity index (χ1n) is 6.34. The number of ether oxygens (including phenoxy) is 1. The number of halogens is 5. The molecule has 1 amide bonds. The van der Waals surface area contributed by atoms with Crippen LogP contribution in [-0.4, -0.2) is 12.5 Å². The largest absolute Gasteiger partial charge is 0.433 e. The summed E-state index contributed by atoms with van der Waals surface area (Å²) in [6, 6.07) is 7.88. The molecule has 8 heteroatoms. The van der Waals surface area contributed by atoms with Crippen LogP contribution in [0.1, 0.15) is 5.56 Å². The van der Waals surface area contributed by atoms with Gasteiger partial charge in [0.1, 0.15) is 11.6 Å². The first-order chi connectivity index (χ1) is 10.9. The Labute approximate surface area is 140 Å². The fourth-order valence-electron chi connectivity index (χ4n) is 1.84. The SMILES string of the molecule is O=C(Cc1c(F)cccc1Cl)Nc1ccc(OC(F)F)c(Cl)c1. The minimum atomic E-state index is -3.00. The van der Waals surface area contributed by atoms with Crippen molar-refractivity contribution >= 4 is 34.8 Å². The van der Waals surface area contributed by atoms with E-state index >= 15 is 0 Å². The number of amides is 1. The lowest BCUT2D eigenvalue weighted by Gasteiger charge is -2.10. The maximum atomic E-state index is 13.6. The second-order valence-electron chi connectivity index (χ2n) is 4.45. The van der Waals surface area contributed by atoms with Crippen LogP contribution in [0.15, 0.2) is 36.4 Å². The number of hydrogen-bond donors (Lipinski definition) is 1. The number of rotatable bonds is 5. The summed E-state index contributed by atoms with van der Waals surface area (Å²) < 4.78 is 42.1. The van der Waals surface area contributed by atoms with Crippen molar-refractivity contribution in [3.8, 4) is 5.75 Å². The van der Waals surface area contributed by atoms with Crippen molar-refractivity contribution in [2.75, 3.05) is 5.32 Å². The molecule has 0 radical (unpaired) electrons. The molecule has 3 nitrogen and oxygen atoms in total. The van der Waals surface area contributed by atoms with Crippen molar-refractivity contribution in [1.82, 2.24) is 0 Å². The molecule has 0 bridgehead atoms. The van der Waals surface area contributed by atoms with E-state index in [1.165, 1.54) is 36.4 Å². The average Bonchev–Trinajstić information content (AvgIpc) is 2.46. The second-order valence-corrected chi connectivity index (χ2v) is 5.26. The molecule has 0 heterocycles. The Bertz CT molecular complexity index is 706. The van der Waals surface area contributed by atoms with E-state index in [0.29, 0.717) is 0 Å². The minimum absolute atomic E-state index is 0.0652. The predicted octanol–water partition coefficient (Wildman–Crippen LogP) is 4.92. The Balaban J connectivity index is 2.07.